The second-order valence-corrected chi connectivity index (χ2v) is 4.45. The third-order valence-corrected chi connectivity index (χ3v) is 3.35. The minimum absolute atomic E-state index is 0.771. The van der Waals surface area contributed by atoms with Gasteiger partial charge in [-0.2, -0.15) is 0 Å². The van der Waals surface area contributed by atoms with E-state index >= 15 is 0 Å². The highest BCUT2D eigenvalue weighted by Gasteiger charge is 2.14. The lowest BCUT2D eigenvalue weighted by atomic mass is 9.84. The predicted octanol–water partition coefficient (Wildman–Crippen LogP) is 4.62. The molecule has 1 aliphatic rings. The molecule has 0 saturated heterocycles. The first-order chi connectivity index (χ1) is 7.90. The maximum atomic E-state index is 6.69. The minimum atomic E-state index is 0.771. The summed E-state index contributed by atoms with van der Waals surface area (Å²) in [4.78, 5) is 3.21. The van der Waals surface area contributed by atoms with Gasteiger partial charge in [-0.15, -0.1) is 0 Å². The molecular weight excluding hydrogens is 194 g/mol. The molecular formula is C15H17N. The molecule has 82 valence electrons. The SMILES string of the molecule is [C-]#[N+]C=Cc1ccc(C2CCCCC2)cc1. The number of benzene rings is 1. The van der Waals surface area contributed by atoms with Crippen molar-refractivity contribution in [2.75, 3.05) is 0 Å². The van der Waals surface area contributed by atoms with Crippen molar-refractivity contribution >= 4 is 6.08 Å². The van der Waals surface area contributed by atoms with Crippen molar-refractivity contribution in [1.29, 1.82) is 0 Å². The maximum Gasteiger partial charge on any atom is 0.154 e. The molecule has 0 radical (unpaired) electrons. The van der Waals surface area contributed by atoms with Gasteiger partial charge >= 0.3 is 0 Å². The fourth-order valence-corrected chi connectivity index (χ4v) is 2.44. The Labute approximate surface area is 97.6 Å². The van der Waals surface area contributed by atoms with Crippen LogP contribution in [0.1, 0.15) is 49.1 Å². The fourth-order valence-electron chi connectivity index (χ4n) is 2.44. The van der Waals surface area contributed by atoms with Gasteiger partial charge in [0.05, 0.1) is 6.57 Å². The Morgan fingerprint density at radius 1 is 1.06 bits per heavy atom. The average Bonchev–Trinajstić information content (AvgIpc) is 2.38. The van der Waals surface area contributed by atoms with Crippen LogP contribution >= 0.6 is 0 Å². The molecule has 1 fully saturated rings. The van der Waals surface area contributed by atoms with E-state index in [4.69, 9.17) is 6.57 Å². The van der Waals surface area contributed by atoms with Gasteiger partial charge in [0.2, 0.25) is 0 Å². The fraction of sp³-hybridized carbons (Fsp3) is 0.400. The highest BCUT2D eigenvalue weighted by atomic mass is 14.6. The Kier molecular flexibility index (Phi) is 3.77. The summed E-state index contributed by atoms with van der Waals surface area (Å²) in [7, 11) is 0. The van der Waals surface area contributed by atoms with Crippen LogP contribution in [-0.2, 0) is 0 Å². The topological polar surface area (TPSA) is 4.36 Å². The first kappa shape index (κ1) is 11.0. The lowest BCUT2D eigenvalue weighted by Gasteiger charge is -2.21. The Morgan fingerprint density at radius 2 is 1.75 bits per heavy atom. The van der Waals surface area contributed by atoms with Crippen LogP contribution in [0.4, 0.5) is 0 Å². The van der Waals surface area contributed by atoms with Crippen LogP contribution in [0.3, 0.4) is 0 Å². The largest absolute Gasteiger partial charge is 0.246 e. The molecule has 0 N–H and O–H groups in total. The van der Waals surface area contributed by atoms with Gasteiger partial charge in [-0.3, -0.25) is 0 Å². The first-order valence-electron chi connectivity index (χ1n) is 6.03. The normalized spacial score (nSPS) is 17.4. The first-order valence-corrected chi connectivity index (χ1v) is 6.03. The lowest BCUT2D eigenvalue weighted by molar-refractivity contribution is 0.443. The Hall–Kier alpha value is -1.55. The van der Waals surface area contributed by atoms with Crippen molar-refractivity contribution in [1.82, 2.24) is 0 Å². The molecule has 0 aromatic heterocycles. The molecule has 1 aromatic carbocycles. The second kappa shape index (κ2) is 5.51. The smallest absolute Gasteiger partial charge is 0.154 e. The highest BCUT2D eigenvalue weighted by molar-refractivity contribution is 5.50. The molecule has 16 heavy (non-hydrogen) atoms. The zero-order chi connectivity index (χ0) is 11.2. The number of hydrogen-bond acceptors (Lipinski definition) is 0. The van der Waals surface area contributed by atoms with E-state index in [0.717, 1.165) is 11.5 Å². The summed E-state index contributed by atoms with van der Waals surface area (Å²) in [5.74, 6) is 0.771. The molecule has 0 spiro atoms. The van der Waals surface area contributed by atoms with Gasteiger partial charge in [-0.25, -0.2) is 4.85 Å². The molecule has 1 aliphatic carbocycles. The van der Waals surface area contributed by atoms with Crippen LogP contribution in [-0.4, -0.2) is 0 Å². The summed E-state index contributed by atoms with van der Waals surface area (Å²) in [5.41, 5.74) is 2.59. The van der Waals surface area contributed by atoms with Crippen molar-refractivity contribution in [3.8, 4) is 0 Å². The molecule has 0 heterocycles. The summed E-state index contributed by atoms with van der Waals surface area (Å²) < 4.78 is 0. The molecule has 0 aliphatic heterocycles. The van der Waals surface area contributed by atoms with E-state index in [9.17, 15) is 0 Å². The molecule has 0 atom stereocenters. The molecule has 0 unspecified atom stereocenters. The van der Waals surface area contributed by atoms with E-state index in [1.165, 1.54) is 43.9 Å². The Balaban J connectivity index is 2.06. The number of hydrogen-bond donors (Lipinski definition) is 0. The van der Waals surface area contributed by atoms with Crippen molar-refractivity contribution in [2.45, 2.75) is 38.0 Å². The van der Waals surface area contributed by atoms with Gasteiger partial charge < -0.3 is 0 Å². The minimum Gasteiger partial charge on any atom is -0.246 e. The monoisotopic (exact) mass is 211 g/mol. The third-order valence-electron chi connectivity index (χ3n) is 3.35. The third kappa shape index (κ3) is 2.73. The predicted molar refractivity (Wildman–Crippen MR) is 67.9 cm³/mol. The standard InChI is InChI=1S/C15H17N/c1-16-12-11-13-7-9-15(10-8-13)14-5-3-2-4-6-14/h7-12,14H,2-6H2. The van der Waals surface area contributed by atoms with Crippen molar-refractivity contribution in [3.05, 3.63) is 53.0 Å². The summed E-state index contributed by atoms with van der Waals surface area (Å²) >= 11 is 0. The van der Waals surface area contributed by atoms with Gasteiger partial charge in [0.25, 0.3) is 0 Å². The van der Waals surface area contributed by atoms with Crippen LogP contribution in [0.2, 0.25) is 0 Å². The molecule has 1 heteroatoms. The van der Waals surface area contributed by atoms with Gasteiger partial charge in [0.15, 0.2) is 6.20 Å². The molecule has 1 nitrogen and oxygen atoms in total. The number of nitrogens with zero attached hydrogens (tertiary/aromatic N) is 1. The summed E-state index contributed by atoms with van der Waals surface area (Å²) in [6.07, 6.45) is 10.2. The van der Waals surface area contributed by atoms with E-state index in [1.807, 2.05) is 6.08 Å². The van der Waals surface area contributed by atoms with Gasteiger partial charge in [-0.1, -0.05) is 49.6 Å². The highest BCUT2D eigenvalue weighted by Crippen LogP contribution is 2.32. The Bertz CT molecular complexity index is 388. The van der Waals surface area contributed by atoms with Crippen LogP contribution in [0.15, 0.2) is 30.5 Å². The average molecular weight is 211 g/mol. The molecule has 0 bridgehead atoms. The van der Waals surface area contributed by atoms with Gasteiger partial charge in [0.1, 0.15) is 0 Å². The lowest BCUT2D eigenvalue weighted by Crippen LogP contribution is -2.04. The van der Waals surface area contributed by atoms with Crippen molar-refractivity contribution in [2.24, 2.45) is 0 Å². The van der Waals surface area contributed by atoms with Crippen molar-refractivity contribution < 1.29 is 0 Å². The van der Waals surface area contributed by atoms with E-state index < -0.39 is 0 Å². The molecule has 2 rings (SSSR count). The van der Waals surface area contributed by atoms with Crippen LogP contribution in [0, 0.1) is 6.57 Å². The van der Waals surface area contributed by atoms with Crippen LogP contribution < -0.4 is 0 Å². The summed E-state index contributed by atoms with van der Waals surface area (Å²) in [5, 5.41) is 0. The van der Waals surface area contributed by atoms with E-state index in [0.29, 0.717) is 0 Å². The molecule has 1 saturated carbocycles. The van der Waals surface area contributed by atoms with Crippen molar-refractivity contribution in [3.63, 3.8) is 0 Å². The van der Waals surface area contributed by atoms with Crippen LogP contribution in [0.5, 0.6) is 0 Å². The molecule has 0 amide bonds. The zero-order valence-electron chi connectivity index (χ0n) is 9.52. The summed E-state index contributed by atoms with van der Waals surface area (Å²) in [6.45, 7) is 6.69. The summed E-state index contributed by atoms with van der Waals surface area (Å²) in [6, 6.07) is 8.68. The quantitative estimate of drug-likeness (QED) is 0.628. The van der Waals surface area contributed by atoms with Gasteiger partial charge in [-0.05, 0) is 29.9 Å². The Morgan fingerprint density at radius 3 is 2.38 bits per heavy atom. The number of rotatable bonds is 2. The van der Waals surface area contributed by atoms with E-state index in [1.54, 1.807) is 0 Å². The second-order valence-electron chi connectivity index (χ2n) is 4.45. The maximum absolute atomic E-state index is 6.69. The van der Waals surface area contributed by atoms with E-state index in [-0.39, 0.29) is 0 Å². The van der Waals surface area contributed by atoms with Gasteiger partial charge in [0, 0.05) is 0 Å². The van der Waals surface area contributed by atoms with Crippen LogP contribution in [0.25, 0.3) is 10.9 Å². The van der Waals surface area contributed by atoms with E-state index in [2.05, 4.69) is 29.1 Å². The molecule has 1 aromatic rings. The zero-order valence-corrected chi connectivity index (χ0v) is 9.52.